The first-order chi connectivity index (χ1) is 9.78. The van der Waals surface area contributed by atoms with Crippen LogP contribution in [-0.2, 0) is 0 Å². The van der Waals surface area contributed by atoms with E-state index in [4.69, 9.17) is 0 Å². The summed E-state index contributed by atoms with van der Waals surface area (Å²) in [5.74, 6) is 6.08. The minimum atomic E-state index is 0.777. The summed E-state index contributed by atoms with van der Waals surface area (Å²) in [4.78, 5) is 0. The zero-order chi connectivity index (χ0) is 13.9. The van der Waals surface area contributed by atoms with Crippen LogP contribution in [0.4, 0.5) is 0 Å². The number of hydrogen-bond donors (Lipinski definition) is 0. The Morgan fingerprint density at radius 1 is 0.950 bits per heavy atom. The molecule has 3 rings (SSSR count). The summed E-state index contributed by atoms with van der Waals surface area (Å²) in [5, 5.41) is 0. The van der Waals surface area contributed by atoms with E-state index in [1.807, 2.05) is 0 Å². The summed E-state index contributed by atoms with van der Waals surface area (Å²) in [6.45, 7) is 6.91. The molecule has 115 valence electrons. The lowest BCUT2D eigenvalue weighted by Crippen LogP contribution is -2.20. The Bertz CT molecular complexity index is 282. The molecular formula is C20H35. The molecule has 3 unspecified atom stereocenters. The van der Waals surface area contributed by atoms with Crippen LogP contribution in [0.1, 0.15) is 84.0 Å². The van der Waals surface area contributed by atoms with Crippen LogP contribution in [0.3, 0.4) is 0 Å². The average molecular weight is 276 g/mol. The molecule has 0 nitrogen and oxygen atoms in total. The molecule has 0 bridgehead atoms. The first-order valence-corrected chi connectivity index (χ1v) is 9.61. The van der Waals surface area contributed by atoms with E-state index in [1.54, 1.807) is 0 Å². The van der Waals surface area contributed by atoms with E-state index in [0.717, 1.165) is 35.5 Å². The van der Waals surface area contributed by atoms with E-state index in [1.165, 1.54) is 77.0 Å². The van der Waals surface area contributed by atoms with Gasteiger partial charge in [-0.2, -0.15) is 0 Å². The van der Waals surface area contributed by atoms with Crippen LogP contribution in [0.25, 0.3) is 0 Å². The topological polar surface area (TPSA) is 0 Å². The van der Waals surface area contributed by atoms with Crippen LogP contribution in [-0.4, -0.2) is 0 Å². The lowest BCUT2D eigenvalue weighted by Gasteiger charge is -2.30. The van der Waals surface area contributed by atoms with Crippen LogP contribution >= 0.6 is 0 Å². The first-order valence-electron chi connectivity index (χ1n) is 9.61. The molecule has 0 heteroatoms. The zero-order valence-electron chi connectivity index (χ0n) is 13.7. The SMILES string of the molecule is [CH2]C(CC(CCCC1CC1)C(CCC)C1CC1)C1CC1. The van der Waals surface area contributed by atoms with Crippen molar-refractivity contribution in [3.8, 4) is 0 Å². The van der Waals surface area contributed by atoms with Crippen LogP contribution in [0.5, 0.6) is 0 Å². The van der Waals surface area contributed by atoms with Gasteiger partial charge in [0.1, 0.15) is 0 Å². The Kier molecular flexibility index (Phi) is 5.10. The van der Waals surface area contributed by atoms with Gasteiger partial charge in [-0.15, -0.1) is 0 Å². The van der Waals surface area contributed by atoms with Crippen molar-refractivity contribution >= 4 is 0 Å². The summed E-state index contributed by atoms with van der Waals surface area (Å²) < 4.78 is 0. The van der Waals surface area contributed by atoms with Gasteiger partial charge in [-0.3, -0.25) is 0 Å². The van der Waals surface area contributed by atoms with Crippen LogP contribution in [0.2, 0.25) is 0 Å². The fourth-order valence-electron chi connectivity index (χ4n) is 4.44. The van der Waals surface area contributed by atoms with Crippen LogP contribution < -0.4 is 0 Å². The highest BCUT2D eigenvalue weighted by atomic mass is 14.4. The van der Waals surface area contributed by atoms with Gasteiger partial charge in [-0.1, -0.05) is 51.9 Å². The van der Waals surface area contributed by atoms with Crippen molar-refractivity contribution < 1.29 is 0 Å². The maximum atomic E-state index is 4.52. The second kappa shape index (κ2) is 6.84. The molecular weight excluding hydrogens is 240 g/mol. The third-order valence-corrected chi connectivity index (χ3v) is 6.23. The molecule has 0 aliphatic heterocycles. The van der Waals surface area contributed by atoms with Crippen molar-refractivity contribution in [1.82, 2.24) is 0 Å². The molecule has 1 radical (unpaired) electrons. The molecule has 3 aliphatic carbocycles. The van der Waals surface area contributed by atoms with Crippen molar-refractivity contribution in [2.24, 2.45) is 35.5 Å². The van der Waals surface area contributed by atoms with Gasteiger partial charge in [-0.05, 0) is 74.5 Å². The van der Waals surface area contributed by atoms with E-state index in [-0.39, 0.29) is 0 Å². The van der Waals surface area contributed by atoms with E-state index in [0.29, 0.717) is 0 Å². The molecule has 0 aromatic heterocycles. The van der Waals surface area contributed by atoms with Gasteiger partial charge < -0.3 is 0 Å². The summed E-state index contributed by atoms with van der Waals surface area (Å²) >= 11 is 0. The predicted molar refractivity (Wildman–Crippen MR) is 87.4 cm³/mol. The van der Waals surface area contributed by atoms with Gasteiger partial charge in [0.15, 0.2) is 0 Å². The third-order valence-electron chi connectivity index (χ3n) is 6.23. The quantitative estimate of drug-likeness (QED) is 0.417. The van der Waals surface area contributed by atoms with Crippen molar-refractivity contribution in [2.45, 2.75) is 84.0 Å². The van der Waals surface area contributed by atoms with Crippen molar-refractivity contribution in [3.05, 3.63) is 6.92 Å². The lowest BCUT2D eigenvalue weighted by molar-refractivity contribution is 0.213. The Morgan fingerprint density at radius 3 is 2.20 bits per heavy atom. The third kappa shape index (κ3) is 4.50. The van der Waals surface area contributed by atoms with Crippen molar-refractivity contribution in [3.63, 3.8) is 0 Å². The summed E-state index contributed by atoms with van der Waals surface area (Å²) in [5.41, 5.74) is 0. The minimum absolute atomic E-state index is 0.777. The molecule has 0 N–H and O–H groups in total. The summed E-state index contributed by atoms with van der Waals surface area (Å²) in [6.07, 6.45) is 18.0. The second-order valence-electron chi connectivity index (χ2n) is 8.26. The maximum Gasteiger partial charge on any atom is -0.0357 e. The smallest absolute Gasteiger partial charge is 0.0357 e. The molecule has 3 fully saturated rings. The molecule has 0 saturated heterocycles. The fourth-order valence-corrected chi connectivity index (χ4v) is 4.44. The van der Waals surface area contributed by atoms with Crippen LogP contribution in [0.15, 0.2) is 0 Å². The largest absolute Gasteiger partial charge is 0.0654 e. The standard InChI is InChI=1S/C20H35/c1-3-5-20(18-12-13-18)19(7-4-6-16-8-9-16)14-15(2)17-10-11-17/h15-20H,2-14H2,1H3. The Labute approximate surface area is 127 Å². The van der Waals surface area contributed by atoms with Gasteiger partial charge in [0.05, 0.1) is 0 Å². The van der Waals surface area contributed by atoms with Crippen molar-refractivity contribution in [1.29, 1.82) is 0 Å². The first kappa shape index (κ1) is 14.9. The molecule has 0 amide bonds. The van der Waals surface area contributed by atoms with Gasteiger partial charge in [0.2, 0.25) is 0 Å². The van der Waals surface area contributed by atoms with Gasteiger partial charge in [-0.25, -0.2) is 0 Å². The zero-order valence-corrected chi connectivity index (χ0v) is 13.7. The second-order valence-corrected chi connectivity index (χ2v) is 8.26. The fraction of sp³-hybridized carbons (Fsp3) is 0.950. The number of hydrogen-bond acceptors (Lipinski definition) is 0. The summed E-state index contributed by atoms with van der Waals surface area (Å²) in [6, 6.07) is 0. The summed E-state index contributed by atoms with van der Waals surface area (Å²) in [7, 11) is 0. The number of rotatable bonds is 11. The van der Waals surface area contributed by atoms with Gasteiger partial charge >= 0.3 is 0 Å². The molecule has 0 aromatic rings. The lowest BCUT2D eigenvalue weighted by atomic mass is 9.76. The highest BCUT2D eigenvalue weighted by molar-refractivity contribution is 4.90. The molecule has 3 saturated carbocycles. The molecule has 0 heterocycles. The van der Waals surface area contributed by atoms with Crippen molar-refractivity contribution in [2.75, 3.05) is 0 Å². The Hall–Kier alpha value is 0. The Morgan fingerprint density at radius 2 is 1.65 bits per heavy atom. The normalized spacial score (nSPS) is 27.3. The van der Waals surface area contributed by atoms with E-state index >= 15 is 0 Å². The average Bonchev–Trinajstić information content (AvgIpc) is 3.30. The molecule has 3 aliphatic rings. The molecule has 20 heavy (non-hydrogen) atoms. The minimum Gasteiger partial charge on any atom is -0.0654 e. The van der Waals surface area contributed by atoms with Gasteiger partial charge in [0.25, 0.3) is 0 Å². The van der Waals surface area contributed by atoms with Gasteiger partial charge in [0, 0.05) is 0 Å². The highest BCUT2D eigenvalue weighted by Gasteiger charge is 2.38. The van der Waals surface area contributed by atoms with E-state index in [2.05, 4.69) is 13.8 Å². The Balaban J connectivity index is 1.51. The monoisotopic (exact) mass is 275 g/mol. The molecule has 3 atom stereocenters. The maximum absolute atomic E-state index is 4.52. The predicted octanol–water partition coefficient (Wildman–Crippen LogP) is 6.26. The van der Waals surface area contributed by atoms with E-state index in [9.17, 15) is 0 Å². The van der Waals surface area contributed by atoms with E-state index < -0.39 is 0 Å². The van der Waals surface area contributed by atoms with Crippen LogP contribution in [0, 0.1) is 42.4 Å². The highest BCUT2D eigenvalue weighted by Crippen LogP contribution is 2.48. The molecule has 0 aromatic carbocycles. The molecule has 0 spiro atoms.